The van der Waals surface area contributed by atoms with E-state index in [1.165, 1.54) is 6.92 Å². The van der Waals surface area contributed by atoms with Gasteiger partial charge in [0.15, 0.2) is 9.84 Å². The minimum atomic E-state index is -3.30. The summed E-state index contributed by atoms with van der Waals surface area (Å²) in [5, 5.41) is 5.05. The van der Waals surface area contributed by atoms with Gasteiger partial charge >= 0.3 is 0 Å². The highest BCUT2D eigenvalue weighted by molar-refractivity contribution is 7.92. The highest BCUT2D eigenvalue weighted by Crippen LogP contribution is 2.26. The van der Waals surface area contributed by atoms with Crippen LogP contribution in [0.25, 0.3) is 0 Å². The Morgan fingerprint density at radius 1 is 1.41 bits per heavy atom. The molecule has 1 saturated heterocycles. The van der Waals surface area contributed by atoms with Gasteiger partial charge in [0.2, 0.25) is 5.91 Å². The van der Waals surface area contributed by atoms with Crippen molar-refractivity contribution in [1.29, 1.82) is 0 Å². The van der Waals surface area contributed by atoms with E-state index >= 15 is 0 Å². The van der Waals surface area contributed by atoms with Gasteiger partial charge in [-0.1, -0.05) is 6.92 Å². The van der Waals surface area contributed by atoms with Crippen molar-refractivity contribution in [2.45, 2.75) is 31.9 Å². The van der Waals surface area contributed by atoms with Gasteiger partial charge in [0, 0.05) is 12.8 Å². The summed E-state index contributed by atoms with van der Waals surface area (Å²) >= 11 is 0. The SMILES string of the molecule is CC(C(=O)NCC1(C)CCNCC1)S(C)(=O)=O. The first-order valence-corrected chi connectivity index (χ1v) is 7.87. The molecule has 1 fully saturated rings. The van der Waals surface area contributed by atoms with Crippen LogP contribution in [0.3, 0.4) is 0 Å². The van der Waals surface area contributed by atoms with E-state index in [0.29, 0.717) is 6.54 Å². The topological polar surface area (TPSA) is 75.3 Å². The van der Waals surface area contributed by atoms with E-state index < -0.39 is 21.0 Å². The summed E-state index contributed by atoms with van der Waals surface area (Å²) in [6.45, 7) is 6.00. The number of hydrogen-bond donors (Lipinski definition) is 2. The molecule has 1 aliphatic rings. The summed E-state index contributed by atoms with van der Waals surface area (Å²) in [5.74, 6) is -0.396. The molecule has 6 heteroatoms. The predicted octanol–water partition coefficient (Wildman–Crippen LogP) is -0.0746. The molecule has 1 atom stereocenters. The molecule has 1 unspecified atom stereocenters. The average Bonchev–Trinajstić information content (AvgIpc) is 2.25. The first-order chi connectivity index (χ1) is 7.75. The number of sulfone groups is 1. The molecule has 0 aliphatic carbocycles. The maximum absolute atomic E-state index is 11.7. The van der Waals surface area contributed by atoms with Gasteiger partial charge in [-0.15, -0.1) is 0 Å². The molecular formula is C11H22N2O3S. The molecule has 0 bridgehead atoms. The first-order valence-electron chi connectivity index (χ1n) is 5.92. The number of nitrogens with one attached hydrogen (secondary N) is 2. The molecule has 5 nitrogen and oxygen atoms in total. The molecule has 100 valence electrons. The minimum Gasteiger partial charge on any atom is -0.354 e. The Morgan fingerprint density at radius 3 is 2.41 bits per heavy atom. The highest BCUT2D eigenvalue weighted by atomic mass is 32.2. The zero-order valence-electron chi connectivity index (χ0n) is 10.7. The number of piperidine rings is 1. The number of carbonyl (C=O) groups is 1. The van der Waals surface area contributed by atoms with E-state index in [9.17, 15) is 13.2 Å². The lowest BCUT2D eigenvalue weighted by molar-refractivity contribution is -0.121. The van der Waals surface area contributed by atoms with E-state index in [1.54, 1.807) is 0 Å². The van der Waals surface area contributed by atoms with Crippen LogP contribution in [0.2, 0.25) is 0 Å². The van der Waals surface area contributed by atoms with Crippen LogP contribution in [0.15, 0.2) is 0 Å². The van der Waals surface area contributed by atoms with Crippen molar-refractivity contribution in [1.82, 2.24) is 10.6 Å². The fourth-order valence-corrected chi connectivity index (χ4v) is 2.32. The van der Waals surface area contributed by atoms with Gasteiger partial charge in [-0.2, -0.15) is 0 Å². The zero-order valence-corrected chi connectivity index (χ0v) is 11.6. The van der Waals surface area contributed by atoms with Gasteiger partial charge in [-0.3, -0.25) is 4.79 Å². The molecule has 0 aromatic carbocycles. The van der Waals surface area contributed by atoms with Crippen molar-refractivity contribution in [3.05, 3.63) is 0 Å². The number of hydrogen-bond acceptors (Lipinski definition) is 4. The minimum absolute atomic E-state index is 0.0815. The van der Waals surface area contributed by atoms with E-state index in [2.05, 4.69) is 17.6 Å². The quantitative estimate of drug-likeness (QED) is 0.743. The fraction of sp³-hybridized carbons (Fsp3) is 0.909. The number of amides is 1. The molecule has 1 heterocycles. The molecule has 0 aromatic rings. The van der Waals surface area contributed by atoms with Crippen LogP contribution in [0.4, 0.5) is 0 Å². The van der Waals surface area contributed by atoms with Crippen LogP contribution in [-0.4, -0.2) is 45.5 Å². The lowest BCUT2D eigenvalue weighted by Gasteiger charge is -2.34. The molecule has 0 spiro atoms. The second-order valence-corrected chi connectivity index (χ2v) is 7.62. The summed E-state index contributed by atoms with van der Waals surface area (Å²) in [6, 6.07) is 0. The fourth-order valence-electron chi connectivity index (χ4n) is 1.85. The van der Waals surface area contributed by atoms with Gasteiger partial charge in [-0.05, 0) is 38.3 Å². The Balaban J connectivity index is 2.47. The van der Waals surface area contributed by atoms with Gasteiger partial charge in [-0.25, -0.2) is 8.42 Å². The molecular weight excluding hydrogens is 240 g/mol. The summed E-state index contributed by atoms with van der Waals surface area (Å²) in [7, 11) is -3.30. The van der Waals surface area contributed by atoms with Crippen molar-refractivity contribution < 1.29 is 13.2 Å². The van der Waals surface area contributed by atoms with Gasteiger partial charge in [0.1, 0.15) is 5.25 Å². The third-order valence-electron chi connectivity index (χ3n) is 3.51. The Bertz CT molecular complexity index is 372. The van der Waals surface area contributed by atoms with E-state index in [-0.39, 0.29) is 5.41 Å². The van der Waals surface area contributed by atoms with Gasteiger partial charge in [0.25, 0.3) is 0 Å². The van der Waals surface area contributed by atoms with Gasteiger partial charge in [0.05, 0.1) is 0 Å². The summed E-state index contributed by atoms with van der Waals surface area (Å²) in [4.78, 5) is 11.7. The molecule has 17 heavy (non-hydrogen) atoms. The van der Waals surface area contributed by atoms with Crippen molar-refractivity contribution >= 4 is 15.7 Å². The second kappa shape index (κ2) is 5.35. The smallest absolute Gasteiger partial charge is 0.238 e. The Hall–Kier alpha value is -0.620. The Morgan fingerprint density at radius 2 is 1.94 bits per heavy atom. The molecule has 0 radical (unpaired) electrons. The maximum Gasteiger partial charge on any atom is 0.238 e. The number of carbonyl (C=O) groups excluding carboxylic acids is 1. The molecule has 1 rings (SSSR count). The van der Waals surface area contributed by atoms with E-state index in [4.69, 9.17) is 0 Å². The molecule has 0 aromatic heterocycles. The molecule has 1 amide bonds. The Labute approximate surface area is 103 Å². The highest BCUT2D eigenvalue weighted by Gasteiger charge is 2.29. The number of rotatable bonds is 4. The molecule has 0 saturated carbocycles. The standard InChI is InChI=1S/C11H22N2O3S/c1-9(17(3,15)16)10(14)13-8-11(2)4-6-12-7-5-11/h9,12H,4-8H2,1-3H3,(H,13,14). The van der Waals surface area contributed by atoms with Crippen LogP contribution in [-0.2, 0) is 14.6 Å². The summed E-state index contributed by atoms with van der Waals surface area (Å²) in [6.07, 6.45) is 3.09. The van der Waals surface area contributed by atoms with Crippen LogP contribution >= 0.6 is 0 Å². The third-order valence-corrected chi connectivity index (χ3v) is 5.01. The van der Waals surface area contributed by atoms with Crippen LogP contribution in [0.1, 0.15) is 26.7 Å². The maximum atomic E-state index is 11.7. The van der Waals surface area contributed by atoms with E-state index in [0.717, 1.165) is 32.2 Å². The average molecular weight is 262 g/mol. The third kappa shape index (κ3) is 4.27. The summed E-state index contributed by atoms with van der Waals surface area (Å²) < 4.78 is 22.5. The Kier molecular flexibility index (Phi) is 4.55. The van der Waals surface area contributed by atoms with Crippen LogP contribution in [0, 0.1) is 5.41 Å². The molecule has 1 aliphatic heterocycles. The normalized spacial score (nSPS) is 21.8. The van der Waals surface area contributed by atoms with Gasteiger partial charge < -0.3 is 10.6 Å². The van der Waals surface area contributed by atoms with Crippen LogP contribution < -0.4 is 10.6 Å². The van der Waals surface area contributed by atoms with Crippen molar-refractivity contribution in [2.75, 3.05) is 25.9 Å². The molecule has 2 N–H and O–H groups in total. The zero-order chi connectivity index (χ0) is 13.1. The van der Waals surface area contributed by atoms with Crippen molar-refractivity contribution in [3.63, 3.8) is 0 Å². The van der Waals surface area contributed by atoms with Crippen LogP contribution in [0.5, 0.6) is 0 Å². The van der Waals surface area contributed by atoms with E-state index in [1.807, 2.05) is 0 Å². The predicted molar refractivity (Wildman–Crippen MR) is 67.5 cm³/mol. The van der Waals surface area contributed by atoms with Crippen molar-refractivity contribution in [2.24, 2.45) is 5.41 Å². The summed E-state index contributed by atoms with van der Waals surface area (Å²) in [5.41, 5.74) is 0.0815. The lowest BCUT2D eigenvalue weighted by atomic mass is 9.81. The van der Waals surface area contributed by atoms with Crippen molar-refractivity contribution in [3.8, 4) is 0 Å². The first kappa shape index (κ1) is 14.4. The second-order valence-electron chi connectivity index (χ2n) is 5.25. The lowest BCUT2D eigenvalue weighted by Crippen LogP contribution is -2.46. The monoisotopic (exact) mass is 262 g/mol. The largest absolute Gasteiger partial charge is 0.354 e.